The fourth-order valence-corrected chi connectivity index (χ4v) is 1.87. The number of hydrazine groups is 1. The van der Waals surface area contributed by atoms with Gasteiger partial charge in [-0.3, -0.25) is 10.5 Å². The van der Waals surface area contributed by atoms with Crippen molar-refractivity contribution in [2.75, 3.05) is 0 Å². The maximum Gasteiger partial charge on any atom is 0.129 e. The van der Waals surface area contributed by atoms with E-state index >= 15 is 0 Å². The van der Waals surface area contributed by atoms with Gasteiger partial charge >= 0.3 is 0 Å². The Kier molecular flexibility index (Phi) is 3.73. The van der Waals surface area contributed by atoms with E-state index in [1.54, 1.807) is 18.5 Å². The smallest absolute Gasteiger partial charge is 0.129 e. The van der Waals surface area contributed by atoms with Crippen LogP contribution < -0.4 is 11.3 Å². The zero-order chi connectivity index (χ0) is 12.3. The molecule has 1 unspecified atom stereocenters. The van der Waals surface area contributed by atoms with Crippen molar-refractivity contribution in [3.05, 3.63) is 47.0 Å². The van der Waals surface area contributed by atoms with Crippen LogP contribution in [0.1, 0.15) is 24.2 Å². The lowest BCUT2D eigenvalue weighted by atomic mass is 10.1. The van der Waals surface area contributed by atoms with Crippen LogP contribution >= 0.6 is 11.6 Å². The molecule has 0 fully saturated rings. The molecule has 2 aromatic heterocycles. The Morgan fingerprint density at radius 3 is 2.88 bits per heavy atom. The molecule has 5 nitrogen and oxygen atoms in total. The van der Waals surface area contributed by atoms with Crippen molar-refractivity contribution in [3.63, 3.8) is 0 Å². The van der Waals surface area contributed by atoms with Gasteiger partial charge in [0, 0.05) is 18.9 Å². The van der Waals surface area contributed by atoms with E-state index in [1.807, 2.05) is 23.7 Å². The Balaban J connectivity index is 2.36. The number of nitrogens with one attached hydrogen (secondary N) is 1. The Labute approximate surface area is 105 Å². The van der Waals surface area contributed by atoms with Crippen molar-refractivity contribution in [1.82, 2.24) is 20.2 Å². The SMILES string of the molecule is CCn1nccc1C(NN)c1ccc(Cl)nc1. The fraction of sp³-hybridized carbons (Fsp3) is 0.273. The lowest BCUT2D eigenvalue weighted by Crippen LogP contribution is -2.30. The minimum absolute atomic E-state index is 0.137. The molecule has 0 bridgehead atoms. The summed E-state index contributed by atoms with van der Waals surface area (Å²) < 4.78 is 1.89. The third-order valence-electron chi connectivity index (χ3n) is 2.59. The van der Waals surface area contributed by atoms with Crippen molar-refractivity contribution >= 4 is 11.6 Å². The molecule has 2 heterocycles. The van der Waals surface area contributed by atoms with Gasteiger partial charge in [0.25, 0.3) is 0 Å². The van der Waals surface area contributed by atoms with Crippen LogP contribution in [0.5, 0.6) is 0 Å². The quantitative estimate of drug-likeness (QED) is 0.491. The number of hydrogen-bond donors (Lipinski definition) is 2. The Hall–Kier alpha value is -1.43. The number of pyridine rings is 1. The summed E-state index contributed by atoms with van der Waals surface area (Å²) in [7, 11) is 0. The molecular weight excluding hydrogens is 238 g/mol. The van der Waals surface area contributed by atoms with Gasteiger partial charge in [0.15, 0.2) is 0 Å². The maximum absolute atomic E-state index is 5.76. The van der Waals surface area contributed by atoms with Gasteiger partial charge in [-0.05, 0) is 24.6 Å². The fourth-order valence-electron chi connectivity index (χ4n) is 1.76. The monoisotopic (exact) mass is 251 g/mol. The molecular formula is C11H14ClN5. The van der Waals surface area contributed by atoms with Gasteiger partial charge in [-0.1, -0.05) is 17.7 Å². The van der Waals surface area contributed by atoms with E-state index in [4.69, 9.17) is 17.4 Å². The van der Waals surface area contributed by atoms with Gasteiger partial charge in [0.05, 0.1) is 11.7 Å². The van der Waals surface area contributed by atoms with Crippen LogP contribution in [0.3, 0.4) is 0 Å². The van der Waals surface area contributed by atoms with E-state index in [1.165, 1.54) is 0 Å². The number of aromatic nitrogens is 3. The number of halogens is 1. The maximum atomic E-state index is 5.76. The lowest BCUT2D eigenvalue weighted by Gasteiger charge is -2.17. The Bertz CT molecular complexity index is 479. The third-order valence-corrected chi connectivity index (χ3v) is 2.82. The zero-order valence-electron chi connectivity index (χ0n) is 9.47. The molecule has 0 aromatic carbocycles. The molecule has 1 atom stereocenters. The van der Waals surface area contributed by atoms with Crippen molar-refractivity contribution in [2.45, 2.75) is 19.5 Å². The van der Waals surface area contributed by atoms with E-state index in [0.29, 0.717) is 5.15 Å². The molecule has 0 aliphatic rings. The highest BCUT2D eigenvalue weighted by Crippen LogP contribution is 2.21. The molecule has 90 valence electrons. The molecule has 0 aliphatic carbocycles. The molecule has 3 N–H and O–H groups in total. The van der Waals surface area contributed by atoms with Crippen LogP contribution in [-0.4, -0.2) is 14.8 Å². The second kappa shape index (κ2) is 5.27. The van der Waals surface area contributed by atoms with Gasteiger partial charge in [-0.2, -0.15) is 5.10 Å². The van der Waals surface area contributed by atoms with Crippen molar-refractivity contribution in [1.29, 1.82) is 0 Å². The van der Waals surface area contributed by atoms with Crippen molar-refractivity contribution < 1.29 is 0 Å². The van der Waals surface area contributed by atoms with Gasteiger partial charge in [0.1, 0.15) is 5.15 Å². The third kappa shape index (κ3) is 2.46. The molecule has 0 spiro atoms. The van der Waals surface area contributed by atoms with Gasteiger partial charge < -0.3 is 0 Å². The Morgan fingerprint density at radius 1 is 1.47 bits per heavy atom. The predicted molar refractivity (Wildman–Crippen MR) is 66.3 cm³/mol. The van der Waals surface area contributed by atoms with Gasteiger partial charge in [-0.15, -0.1) is 0 Å². The topological polar surface area (TPSA) is 68.8 Å². The van der Waals surface area contributed by atoms with Crippen LogP contribution in [0.4, 0.5) is 0 Å². The number of hydrogen-bond acceptors (Lipinski definition) is 4. The average Bonchev–Trinajstić information content (AvgIpc) is 2.81. The molecule has 0 saturated carbocycles. The van der Waals surface area contributed by atoms with Crippen LogP contribution in [-0.2, 0) is 6.54 Å². The summed E-state index contributed by atoms with van der Waals surface area (Å²) in [5.74, 6) is 5.61. The van der Waals surface area contributed by atoms with Crippen LogP contribution in [0.2, 0.25) is 5.15 Å². The summed E-state index contributed by atoms with van der Waals surface area (Å²) in [6.45, 7) is 2.83. The summed E-state index contributed by atoms with van der Waals surface area (Å²) in [6.07, 6.45) is 3.46. The number of nitrogens with two attached hydrogens (primary N) is 1. The average molecular weight is 252 g/mol. The van der Waals surface area contributed by atoms with E-state index < -0.39 is 0 Å². The van der Waals surface area contributed by atoms with Gasteiger partial charge in [-0.25, -0.2) is 10.4 Å². The molecule has 2 rings (SSSR count). The minimum Gasteiger partial charge on any atom is -0.271 e. The summed E-state index contributed by atoms with van der Waals surface area (Å²) in [5.41, 5.74) is 4.72. The van der Waals surface area contributed by atoms with Gasteiger partial charge in [0.2, 0.25) is 0 Å². The van der Waals surface area contributed by atoms with Crippen molar-refractivity contribution in [2.24, 2.45) is 5.84 Å². The molecule has 0 aliphatic heterocycles. The highest BCUT2D eigenvalue weighted by molar-refractivity contribution is 6.29. The molecule has 6 heteroatoms. The second-order valence-electron chi connectivity index (χ2n) is 3.59. The summed E-state index contributed by atoms with van der Waals surface area (Å²) in [5, 5.41) is 4.69. The summed E-state index contributed by atoms with van der Waals surface area (Å²) in [4.78, 5) is 4.05. The first-order valence-electron chi connectivity index (χ1n) is 5.35. The van der Waals surface area contributed by atoms with E-state index in [9.17, 15) is 0 Å². The minimum atomic E-state index is -0.137. The largest absolute Gasteiger partial charge is 0.271 e. The van der Waals surface area contributed by atoms with E-state index in [0.717, 1.165) is 17.8 Å². The summed E-state index contributed by atoms with van der Waals surface area (Å²) >= 11 is 5.76. The molecule has 0 saturated heterocycles. The first-order valence-corrected chi connectivity index (χ1v) is 5.73. The Morgan fingerprint density at radius 2 is 2.29 bits per heavy atom. The second-order valence-corrected chi connectivity index (χ2v) is 3.97. The molecule has 0 radical (unpaired) electrons. The van der Waals surface area contributed by atoms with Crippen LogP contribution in [0, 0.1) is 0 Å². The highest BCUT2D eigenvalue weighted by atomic mass is 35.5. The number of rotatable bonds is 4. The number of nitrogens with zero attached hydrogens (tertiary/aromatic N) is 3. The first-order chi connectivity index (χ1) is 8.26. The van der Waals surface area contributed by atoms with E-state index in [2.05, 4.69) is 15.5 Å². The van der Waals surface area contributed by atoms with Crippen LogP contribution in [0.25, 0.3) is 0 Å². The molecule has 17 heavy (non-hydrogen) atoms. The highest BCUT2D eigenvalue weighted by Gasteiger charge is 2.16. The molecule has 0 amide bonds. The summed E-state index contributed by atoms with van der Waals surface area (Å²) in [6, 6.07) is 5.44. The standard InChI is InChI=1S/C11H14ClN5/c1-2-17-9(5-6-15-17)11(16-13)8-3-4-10(12)14-7-8/h3-7,11,16H,2,13H2,1H3. The van der Waals surface area contributed by atoms with Crippen molar-refractivity contribution in [3.8, 4) is 0 Å². The number of aryl methyl sites for hydroxylation is 1. The lowest BCUT2D eigenvalue weighted by molar-refractivity contribution is 0.542. The first kappa shape index (κ1) is 12.0. The van der Waals surface area contributed by atoms with Crippen LogP contribution in [0.15, 0.2) is 30.6 Å². The predicted octanol–water partition coefficient (Wildman–Crippen LogP) is 1.50. The van der Waals surface area contributed by atoms with E-state index in [-0.39, 0.29) is 6.04 Å². The molecule has 2 aromatic rings. The zero-order valence-corrected chi connectivity index (χ0v) is 10.2. The normalized spacial score (nSPS) is 12.6.